The van der Waals surface area contributed by atoms with Gasteiger partial charge in [-0.3, -0.25) is 0 Å². The Morgan fingerprint density at radius 2 is 2.21 bits per heavy atom. The van der Waals surface area contributed by atoms with Crippen molar-refractivity contribution < 1.29 is 5.11 Å². The van der Waals surface area contributed by atoms with Crippen LogP contribution in [0.4, 0.5) is 0 Å². The molecule has 0 amide bonds. The summed E-state index contributed by atoms with van der Waals surface area (Å²) in [5, 5.41) is 9.78. The number of rotatable bonds is 3. The molecular formula is C11H13BrOS. The molecule has 1 nitrogen and oxygen atoms in total. The Kier molecular flexibility index (Phi) is 2.91. The van der Waals surface area contributed by atoms with Gasteiger partial charge in [0.1, 0.15) is 0 Å². The minimum Gasteiger partial charge on any atom is -0.390 e. The van der Waals surface area contributed by atoms with E-state index in [-0.39, 0.29) is 5.60 Å². The molecule has 14 heavy (non-hydrogen) atoms. The van der Waals surface area contributed by atoms with Crippen LogP contribution >= 0.6 is 27.7 Å². The van der Waals surface area contributed by atoms with Gasteiger partial charge in [-0.2, -0.15) is 0 Å². The number of hydrogen-bond acceptors (Lipinski definition) is 2. The highest BCUT2D eigenvalue weighted by Crippen LogP contribution is 2.39. The first-order valence-corrected chi connectivity index (χ1v) is 6.69. The summed E-state index contributed by atoms with van der Waals surface area (Å²) in [4.78, 5) is 1.25. The topological polar surface area (TPSA) is 20.2 Å². The van der Waals surface area contributed by atoms with Gasteiger partial charge in [0.05, 0.1) is 5.60 Å². The van der Waals surface area contributed by atoms with Crippen LogP contribution in [0.25, 0.3) is 0 Å². The summed E-state index contributed by atoms with van der Waals surface area (Å²) in [6.45, 7) is 0. The highest BCUT2D eigenvalue weighted by molar-refractivity contribution is 9.10. The molecule has 0 bridgehead atoms. The third kappa shape index (κ3) is 2.33. The second-order valence-corrected chi connectivity index (χ2v) is 5.57. The van der Waals surface area contributed by atoms with E-state index in [1.54, 1.807) is 11.8 Å². The first kappa shape index (κ1) is 10.5. The molecule has 0 aliphatic heterocycles. The Hall–Kier alpha value is 0.01000. The summed E-state index contributed by atoms with van der Waals surface area (Å²) >= 11 is 5.26. The van der Waals surface area contributed by atoms with Crippen molar-refractivity contribution in [3.05, 3.63) is 28.2 Å². The fourth-order valence-corrected chi connectivity index (χ4v) is 2.89. The van der Waals surface area contributed by atoms with Crippen molar-refractivity contribution in [1.29, 1.82) is 0 Å². The molecular weight excluding hydrogens is 260 g/mol. The van der Waals surface area contributed by atoms with E-state index in [9.17, 15) is 5.11 Å². The molecule has 1 aliphatic carbocycles. The van der Waals surface area contributed by atoms with Crippen molar-refractivity contribution in [2.45, 2.75) is 29.8 Å². The molecule has 1 aromatic rings. The first-order chi connectivity index (χ1) is 6.63. The summed E-state index contributed by atoms with van der Waals surface area (Å²) in [5.41, 5.74) is 0.829. The molecule has 1 aliphatic rings. The van der Waals surface area contributed by atoms with Crippen LogP contribution in [-0.4, -0.2) is 17.0 Å². The lowest BCUT2D eigenvalue weighted by Crippen LogP contribution is -2.10. The first-order valence-electron chi connectivity index (χ1n) is 4.68. The zero-order valence-electron chi connectivity index (χ0n) is 8.09. The number of thioether (sulfide) groups is 1. The molecule has 0 radical (unpaired) electrons. The lowest BCUT2D eigenvalue weighted by molar-refractivity contribution is 0.151. The Morgan fingerprint density at radius 1 is 1.50 bits per heavy atom. The maximum absolute atomic E-state index is 9.78. The summed E-state index contributed by atoms with van der Waals surface area (Å²) < 4.78 is 1.13. The molecule has 1 saturated carbocycles. The minimum atomic E-state index is -0.389. The van der Waals surface area contributed by atoms with Crippen LogP contribution in [0.5, 0.6) is 0 Å². The lowest BCUT2D eigenvalue weighted by Gasteiger charge is -2.09. The third-order valence-electron chi connectivity index (χ3n) is 2.58. The van der Waals surface area contributed by atoms with Crippen LogP contribution in [0.15, 0.2) is 27.6 Å². The van der Waals surface area contributed by atoms with E-state index in [1.807, 2.05) is 0 Å². The molecule has 2 rings (SSSR count). The molecule has 76 valence electrons. The van der Waals surface area contributed by atoms with E-state index in [0.717, 1.165) is 23.7 Å². The van der Waals surface area contributed by atoms with Gasteiger partial charge >= 0.3 is 0 Å². The van der Waals surface area contributed by atoms with Gasteiger partial charge in [-0.05, 0) is 52.7 Å². The number of aliphatic hydroxyl groups is 1. The maximum Gasteiger partial charge on any atom is 0.0690 e. The van der Waals surface area contributed by atoms with Gasteiger partial charge in [0, 0.05) is 15.8 Å². The smallest absolute Gasteiger partial charge is 0.0690 e. The minimum absolute atomic E-state index is 0.389. The van der Waals surface area contributed by atoms with Gasteiger partial charge < -0.3 is 5.11 Å². The average Bonchev–Trinajstić information content (AvgIpc) is 2.84. The molecule has 0 spiro atoms. The third-order valence-corrected chi connectivity index (χ3v) is 4.29. The monoisotopic (exact) mass is 272 g/mol. The normalized spacial score (nSPS) is 18.2. The lowest BCUT2D eigenvalue weighted by atomic mass is 10.1. The van der Waals surface area contributed by atoms with E-state index < -0.39 is 0 Å². The van der Waals surface area contributed by atoms with Crippen molar-refractivity contribution >= 4 is 27.7 Å². The Labute approximate surface area is 97.0 Å². The van der Waals surface area contributed by atoms with Gasteiger partial charge in [-0.15, -0.1) is 11.8 Å². The van der Waals surface area contributed by atoms with Gasteiger partial charge in [-0.25, -0.2) is 0 Å². The number of benzene rings is 1. The highest BCUT2D eigenvalue weighted by atomic mass is 79.9. The van der Waals surface area contributed by atoms with Crippen LogP contribution in [0.2, 0.25) is 0 Å². The Morgan fingerprint density at radius 3 is 2.71 bits per heavy atom. The molecule has 1 N–H and O–H groups in total. The quantitative estimate of drug-likeness (QED) is 0.853. The average molecular weight is 273 g/mol. The molecule has 1 fully saturated rings. The number of hydrogen-bond donors (Lipinski definition) is 1. The van der Waals surface area contributed by atoms with Gasteiger partial charge in [0.15, 0.2) is 0 Å². The zero-order chi connectivity index (χ0) is 10.2. The zero-order valence-corrected chi connectivity index (χ0v) is 10.5. The van der Waals surface area contributed by atoms with Gasteiger partial charge in [-0.1, -0.05) is 6.07 Å². The fraction of sp³-hybridized carbons (Fsp3) is 0.455. The highest BCUT2D eigenvalue weighted by Gasteiger charge is 2.40. The summed E-state index contributed by atoms with van der Waals surface area (Å²) in [6, 6.07) is 6.32. The van der Waals surface area contributed by atoms with Crippen LogP contribution in [0.1, 0.15) is 18.4 Å². The predicted molar refractivity (Wildman–Crippen MR) is 63.8 cm³/mol. The van der Waals surface area contributed by atoms with E-state index in [4.69, 9.17) is 0 Å². The fourth-order valence-electron chi connectivity index (χ4n) is 1.52. The Balaban J connectivity index is 2.15. The second-order valence-electron chi connectivity index (χ2n) is 3.87. The molecule has 0 unspecified atom stereocenters. The van der Waals surface area contributed by atoms with Crippen molar-refractivity contribution in [2.24, 2.45) is 0 Å². The largest absolute Gasteiger partial charge is 0.390 e. The van der Waals surface area contributed by atoms with E-state index in [0.29, 0.717) is 0 Å². The standard InChI is InChI=1S/C11H13BrOS/c1-14-10-3-2-8(6-9(10)12)7-11(13)4-5-11/h2-3,6,13H,4-5,7H2,1H3. The molecule has 0 atom stereocenters. The molecule has 0 saturated heterocycles. The van der Waals surface area contributed by atoms with E-state index in [2.05, 4.69) is 40.4 Å². The molecule has 0 heterocycles. The van der Waals surface area contributed by atoms with E-state index in [1.165, 1.54) is 10.5 Å². The van der Waals surface area contributed by atoms with Crippen LogP contribution in [0, 0.1) is 0 Å². The number of halogens is 1. The van der Waals surface area contributed by atoms with Crippen LogP contribution in [-0.2, 0) is 6.42 Å². The Bertz CT molecular complexity index is 347. The van der Waals surface area contributed by atoms with Crippen molar-refractivity contribution in [2.75, 3.05) is 6.26 Å². The van der Waals surface area contributed by atoms with Gasteiger partial charge in [0.2, 0.25) is 0 Å². The summed E-state index contributed by atoms with van der Waals surface area (Å²) in [6.07, 6.45) is 4.76. The second kappa shape index (κ2) is 3.87. The van der Waals surface area contributed by atoms with E-state index >= 15 is 0 Å². The SMILES string of the molecule is CSc1ccc(CC2(O)CC2)cc1Br. The van der Waals surface area contributed by atoms with Crippen molar-refractivity contribution in [3.8, 4) is 0 Å². The van der Waals surface area contributed by atoms with Crippen LogP contribution in [0.3, 0.4) is 0 Å². The molecule has 1 aromatic carbocycles. The predicted octanol–water partition coefficient (Wildman–Crippen LogP) is 3.24. The molecule has 3 heteroatoms. The van der Waals surface area contributed by atoms with Gasteiger partial charge in [0.25, 0.3) is 0 Å². The molecule has 0 aromatic heterocycles. The van der Waals surface area contributed by atoms with Crippen LogP contribution < -0.4 is 0 Å². The maximum atomic E-state index is 9.78. The van der Waals surface area contributed by atoms with Crippen molar-refractivity contribution in [1.82, 2.24) is 0 Å². The van der Waals surface area contributed by atoms with Crippen molar-refractivity contribution in [3.63, 3.8) is 0 Å². The summed E-state index contributed by atoms with van der Waals surface area (Å²) in [5.74, 6) is 0. The summed E-state index contributed by atoms with van der Waals surface area (Å²) in [7, 11) is 0.